The fourth-order valence-corrected chi connectivity index (χ4v) is 1.22. The van der Waals surface area contributed by atoms with E-state index in [2.05, 4.69) is 10.6 Å². The Morgan fingerprint density at radius 2 is 2.39 bits per heavy atom. The molecule has 0 saturated heterocycles. The summed E-state index contributed by atoms with van der Waals surface area (Å²) in [5, 5.41) is 14.4. The van der Waals surface area contributed by atoms with Gasteiger partial charge in [0.1, 0.15) is 17.4 Å². The van der Waals surface area contributed by atoms with E-state index in [4.69, 9.17) is 9.68 Å². The smallest absolute Gasteiger partial charge is 0.263 e. The van der Waals surface area contributed by atoms with Crippen LogP contribution in [0, 0.1) is 17.2 Å². The predicted octanol–water partition coefficient (Wildman–Crippen LogP) is 1.55. The molecule has 18 heavy (non-hydrogen) atoms. The lowest BCUT2D eigenvalue weighted by Gasteiger charge is -2.05. The average Bonchev–Trinajstić information content (AvgIpc) is 2.84. The molecular weight excluding hydrogens is 230 g/mol. The van der Waals surface area contributed by atoms with Crippen molar-refractivity contribution in [2.45, 2.75) is 20.4 Å². The van der Waals surface area contributed by atoms with E-state index < -0.39 is 5.91 Å². The Balaban J connectivity index is 2.44. The molecule has 0 unspecified atom stereocenters. The van der Waals surface area contributed by atoms with Crippen molar-refractivity contribution >= 4 is 5.91 Å². The van der Waals surface area contributed by atoms with Crippen molar-refractivity contribution in [2.24, 2.45) is 5.92 Å². The summed E-state index contributed by atoms with van der Waals surface area (Å²) in [6, 6.07) is 5.36. The van der Waals surface area contributed by atoms with Gasteiger partial charge in [0.2, 0.25) is 0 Å². The van der Waals surface area contributed by atoms with Crippen LogP contribution in [0.4, 0.5) is 0 Å². The Morgan fingerprint density at radius 1 is 1.61 bits per heavy atom. The number of nitriles is 1. The summed E-state index contributed by atoms with van der Waals surface area (Å²) in [7, 11) is 0. The highest BCUT2D eigenvalue weighted by molar-refractivity contribution is 5.96. The Labute approximate surface area is 106 Å². The third-order valence-corrected chi connectivity index (χ3v) is 2.14. The maximum absolute atomic E-state index is 11.7. The summed E-state index contributed by atoms with van der Waals surface area (Å²) in [4.78, 5) is 11.7. The van der Waals surface area contributed by atoms with Gasteiger partial charge in [-0.25, -0.2) is 0 Å². The fourth-order valence-electron chi connectivity index (χ4n) is 1.22. The van der Waals surface area contributed by atoms with E-state index in [-0.39, 0.29) is 12.1 Å². The summed E-state index contributed by atoms with van der Waals surface area (Å²) in [5.74, 6) is 0.688. The summed E-state index contributed by atoms with van der Waals surface area (Å²) in [5.41, 5.74) is 0.0576. The zero-order valence-electron chi connectivity index (χ0n) is 10.6. The van der Waals surface area contributed by atoms with Gasteiger partial charge < -0.3 is 15.1 Å². The molecule has 1 aromatic rings. The van der Waals surface area contributed by atoms with Crippen LogP contribution in [0.25, 0.3) is 0 Å². The lowest BCUT2D eigenvalue weighted by molar-refractivity contribution is -0.117. The fraction of sp³-hybridized carbons (Fsp3) is 0.385. The van der Waals surface area contributed by atoms with Crippen molar-refractivity contribution in [3.8, 4) is 6.07 Å². The molecule has 96 valence electrons. The van der Waals surface area contributed by atoms with Crippen LogP contribution in [0.2, 0.25) is 0 Å². The third kappa shape index (κ3) is 4.74. The van der Waals surface area contributed by atoms with Crippen LogP contribution in [0.3, 0.4) is 0 Å². The number of amides is 1. The first-order valence-corrected chi connectivity index (χ1v) is 5.77. The van der Waals surface area contributed by atoms with Crippen LogP contribution in [-0.2, 0) is 11.3 Å². The molecule has 1 heterocycles. The number of hydrogen-bond donors (Lipinski definition) is 2. The predicted molar refractivity (Wildman–Crippen MR) is 67.1 cm³/mol. The quantitative estimate of drug-likeness (QED) is 0.590. The highest BCUT2D eigenvalue weighted by atomic mass is 16.3. The molecular formula is C13H17N3O2. The second-order valence-corrected chi connectivity index (χ2v) is 4.23. The number of carbonyl (C=O) groups excluding carboxylic acids is 1. The molecule has 5 heteroatoms. The van der Waals surface area contributed by atoms with Crippen molar-refractivity contribution in [2.75, 3.05) is 6.54 Å². The van der Waals surface area contributed by atoms with Gasteiger partial charge >= 0.3 is 0 Å². The molecule has 0 aromatic carbocycles. The van der Waals surface area contributed by atoms with Crippen LogP contribution in [0.15, 0.2) is 34.6 Å². The van der Waals surface area contributed by atoms with Crippen molar-refractivity contribution in [1.29, 1.82) is 5.26 Å². The lowest BCUT2D eigenvalue weighted by Crippen LogP contribution is -2.25. The van der Waals surface area contributed by atoms with E-state index >= 15 is 0 Å². The molecule has 0 atom stereocenters. The molecule has 0 saturated carbocycles. The standard InChI is InChI=1S/C13H17N3O2/c1-10(2)7-15-8-11(6-14)13(17)16-9-12-4-3-5-18-12/h3-5,8,10,15H,7,9H2,1-2H3,(H,16,17)/b11-8-. The summed E-state index contributed by atoms with van der Waals surface area (Å²) in [6.45, 7) is 5.08. The SMILES string of the molecule is CC(C)CN/C=C(/C#N)C(=O)NCc1ccco1. The Hall–Kier alpha value is -2.22. The van der Waals surface area contributed by atoms with Gasteiger partial charge in [0, 0.05) is 12.7 Å². The second kappa shape index (κ2) is 7.17. The van der Waals surface area contributed by atoms with Crippen molar-refractivity contribution < 1.29 is 9.21 Å². The molecule has 1 aromatic heterocycles. The minimum absolute atomic E-state index is 0.0576. The molecule has 0 fully saturated rings. The molecule has 5 nitrogen and oxygen atoms in total. The summed E-state index contributed by atoms with van der Waals surface area (Å²) in [6.07, 6.45) is 2.98. The minimum atomic E-state index is -0.412. The van der Waals surface area contributed by atoms with Gasteiger partial charge in [-0.15, -0.1) is 0 Å². The lowest BCUT2D eigenvalue weighted by atomic mass is 10.2. The van der Waals surface area contributed by atoms with E-state index in [1.165, 1.54) is 12.5 Å². The minimum Gasteiger partial charge on any atom is -0.467 e. The van der Waals surface area contributed by atoms with E-state index in [0.717, 1.165) is 6.54 Å². The van der Waals surface area contributed by atoms with Crippen LogP contribution in [0.5, 0.6) is 0 Å². The van der Waals surface area contributed by atoms with E-state index in [0.29, 0.717) is 11.7 Å². The number of rotatable bonds is 6. The highest BCUT2D eigenvalue weighted by Gasteiger charge is 2.08. The first-order chi connectivity index (χ1) is 8.63. The largest absolute Gasteiger partial charge is 0.467 e. The summed E-state index contributed by atoms with van der Waals surface area (Å²) < 4.78 is 5.08. The monoisotopic (exact) mass is 247 g/mol. The number of hydrogen-bond acceptors (Lipinski definition) is 4. The van der Waals surface area contributed by atoms with E-state index in [1.54, 1.807) is 12.1 Å². The number of furan rings is 1. The maximum atomic E-state index is 11.7. The third-order valence-electron chi connectivity index (χ3n) is 2.14. The average molecular weight is 247 g/mol. The van der Waals surface area contributed by atoms with Crippen LogP contribution < -0.4 is 10.6 Å². The van der Waals surface area contributed by atoms with Gasteiger partial charge in [0.15, 0.2) is 0 Å². The molecule has 0 aliphatic heterocycles. The Kier molecular flexibility index (Phi) is 5.52. The maximum Gasteiger partial charge on any atom is 0.263 e. The van der Waals surface area contributed by atoms with Crippen LogP contribution >= 0.6 is 0 Å². The zero-order chi connectivity index (χ0) is 13.4. The van der Waals surface area contributed by atoms with Gasteiger partial charge in [0.25, 0.3) is 5.91 Å². The Morgan fingerprint density at radius 3 is 2.94 bits per heavy atom. The molecule has 1 amide bonds. The van der Waals surface area contributed by atoms with Gasteiger partial charge in [-0.2, -0.15) is 5.26 Å². The highest BCUT2D eigenvalue weighted by Crippen LogP contribution is 2.00. The van der Waals surface area contributed by atoms with Gasteiger partial charge in [-0.3, -0.25) is 4.79 Å². The van der Waals surface area contributed by atoms with E-state index in [1.807, 2.05) is 19.9 Å². The topological polar surface area (TPSA) is 78.1 Å². The first-order valence-electron chi connectivity index (χ1n) is 5.77. The Bertz CT molecular complexity index is 441. The molecule has 0 aliphatic rings. The summed E-state index contributed by atoms with van der Waals surface area (Å²) >= 11 is 0. The van der Waals surface area contributed by atoms with Crippen molar-refractivity contribution in [3.05, 3.63) is 35.9 Å². The van der Waals surface area contributed by atoms with Gasteiger partial charge in [-0.1, -0.05) is 13.8 Å². The number of nitrogens with zero attached hydrogens (tertiary/aromatic N) is 1. The molecule has 0 bridgehead atoms. The first kappa shape index (κ1) is 13.8. The van der Waals surface area contributed by atoms with Gasteiger partial charge in [-0.05, 0) is 18.1 Å². The molecule has 0 spiro atoms. The number of nitrogens with one attached hydrogen (secondary N) is 2. The molecule has 1 rings (SSSR count). The second-order valence-electron chi connectivity index (χ2n) is 4.23. The van der Waals surface area contributed by atoms with E-state index in [9.17, 15) is 4.79 Å². The van der Waals surface area contributed by atoms with Crippen LogP contribution in [0.1, 0.15) is 19.6 Å². The van der Waals surface area contributed by atoms with Crippen molar-refractivity contribution in [3.63, 3.8) is 0 Å². The van der Waals surface area contributed by atoms with Crippen LogP contribution in [-0.4, -0.2) is 12.5 Å². The molecule has 0 aliphatic carbocycles. The molecule has 0 radical (unpaired) electrons. The number of carbonyl (C=O) groups is 1. The van der Waals surface area contributed by atoms with Crippen molar-refractivity contribution in [1.82, 2.24) is 10.6 Å². The molecule has 2 N–H and O–H groups in total. The van der Waals surface area contributed by atoms with Gasteiger partial charge in [0.05, 0.1) is 12.8 Å². The normalized spacial score (nSPS) is 11.1. The zero-order valence-corrected chi connectivity index (χ0v) is 10.6.